The van der Waals surface area contributed by atoms with E-state index in [0.717, 1.165) is 13.0 Å². The predicted molar refractivity (Wildman–Crippen MR) is 84.9 cm³/mol. The van der Waals surface area contributed by atoms with Crippen molar-refractivity contribution in [3.05, 3.63) is 28.5 Å². The molecule has 0 amide bonds. The Morgan fingerprint density at radius 3 is 2.62 bits per heavy atom. The van der Waals surface area contributed by atoms with Gasteiger partial charge < -0.3 is 15.4 Å². The lowest BCUT2D eigenvalue weighted by atomic mass is 10.3. The summed E-state index contributed by atoms with van der Waals surface area (Å²) in [7, 11) is 1.58. The van der Waals surface area contributed by atoms with Gasteiger partial charge in [-0.25, -0.2) is 0 Å². The average molecular weight is 328 g/mol. The lowest BCUT2D eigenvalue weighted by molar-refractivity contribution is 0.415. The van der Waals surface area contributed by atoms with Gasteiger partial charge in [0.15, 0.2) is 0 Å². The van der Waals surface area contributed by atoms with E-state index in [1.54, 1.807) is 25.3 Å². The van der Waals surface area contributed by atoms with Gasteiger partial charge in [-0.3, -0.25) is 0 Å². The third kappa shape index (κ3) is 4.34. The molecule has 1 aromatic heterocycles. The van der Waals surface area contributed by atoms with Crippen LogP contribution >= 0.6 is 23.2 Å². The summed E-state index contributed by atoms with van der Waals surface area (Å²) in [4.78, 5) is 12.3. The Kier molecular flexibility index (Phi) is 5.41. The van der Waals surface area contributed by atoms with Crippen molar-refractivity contribution in [1.82, 2.24) is 15.0 Å². The quantitative estimate of drug-likeness (QED) is 0.841. The number of benzene rings is 1. The maximum absolute atomic E-state index is 6.13. The van der Waals surface area contributed by atoms with Gasteiger partial charge in [0, 0.05) is 12.6 Å². The molecule has 2 aromatic rings. The SMILES string of the molecule is CCCNc1nc(Cl)nc(Nc2cc(OC)ccc2Cl)n1. The summed E-state index contributed by atoms with van der Waals surface area (Å²) in [6.07, 6.45) is 0.952. The normalized spacial score (nSPS) is 10.3. The molecule has 0 bridgehead atoms. The zero-order valence-corrected chi connectivity index (χ0v) is 13.2. The van der Waals surface area contributed by atoms with Crippen LogP contribution in [0.25, 0.3) is 0 Å². The van der Waals surface area contributed by atoms with E-state index < -0.39 is 0 Å². The van der Waals surface area contributed by atoms with Crippen molar-refractivity contribution in [3.63, 3.8) is 0 Å². The van der Waals surface area contributed by atoms with E-state index in [-0.39, 0.29) is 5.28 Å². The van der Waals surface area contributed by atoms with Crippen LogP contribution in [0.3, 0.4) is 0 Å². The van der Waals surface area contributed by atoms with Crippen LogP contribution in [0.15, 0.2) is 18.2 Å². The number of halogens is 2. The van der Waals surface area contributed by atoms with Crippen molar-refractivity contribution < 1.29 is 4.74 Å². The summed E-state index contributed by atoms with van der Waals surface area (Å²) >= 11 is 12.0. The zero-order chi connectivity index (χ0) is 15.2. The Hall–Kier alpha value is -1.79. The van der Waals surface area contributed by atoms with Gasteiger partial charge in [-0.1, -0.05) is 18.5 Å². The van der Waals surface area contributed by atoms with Crippen molar-refractivity contribution in [2.75, 3.05) is 24.3 Å². The molecule has 0 unspecified atom stereocenters. The molecule has 0 aliphatic carbocycles. The first kappa shape index (κ1) is 15.6. The molecule has 0 fully saturated rings. The summed E-state index contributed by atoms with van der Waals surface area (Å²) in [6.45, 7) is 2.80. The third-order valence-electron chi connectivity index (χ3n) is 2.56. The fourth-order valence-corrected chi connectivity index (χ4v) is 1.89. The number of hydrogen-bond acceptors (Lipinski definition) is 6. The predicted octanol–water partition coefficient (Wildman–Crippen LogP) is 3.75. The van der Waals surface area contributed by atoms with E-state index in [4.69, 9.17) is 27.9 Å². The van der Waals surface area contributed by atoms with E-state index in [2.05, 4.69) is 25.6 Å². The molecule has 0 aliphatic rings. The van der Waals surface area contributed by atoms with Crippen LogP contribution in [-0.2, 0) is 0 Å². The highest BCUT2D eigenvalue weighted by atomic mass is 35.5. The van der Waals surface area contributed by atoms with Gasteiger partial charge in [0.1, 0.15) is 5.75 Å². The summed E-state index contributed by atoms with van der Waals surface area (Å²) in [5.74, 6) is 1.40. The highest BCUT2D eigenvalue weighted by molar-refractivity contribution is 6.33. The van der Waals surface area contributed by atoms with Gasteiger partial charge in [0.05, 0.1) is 17.8 Å². The van der Waals surface area contributed by atoms with E-state index in [1.807, 2.05) is 6.92 Å². The van der Waals surface area contributed by atoms with Crippen LogP contribution in [0.4, 0.5) is 17.6 Å². The van der Waals surface area contributed by atoms with E-state index in [0.29, 0.717) is 28.4 Å². The molecule has 8 heteroatoms. The van der Waals surface area contributed by atoms with Crippen LogP contribution in [0, 0.1) is 0 Å². The molecular formula is C13H15Cl2N5O. The van der Waals surface area contributed by atoms with Crippen molar-refractivity contribution in [2.45, 2.75) is 13.3 Å². The fraction of sp³-hybridized carbons (Fsp3) is 0.308. The minimum Gasteiger partial charge on any atom is -0.497 e. The molecule has 21 heavy (non-hydrogen) atoms. The topological polar surface area (TPSA) is 72.0 Å². The highest BCUT2D eigenvalue weighted by Gasteiger charge is 2.08. The number of anilines is 3. The van der Waals surface area contributed by atoms with Crippen molar-refractivity contribution in [2.24, 2.45) is 0 Å². The first-order valence-electron chi connectivity index (χ1n) is 6.38. The van der Waals surface area contributed by atoms with Gasteiger partial charge in [-0.15, -0.1) is 0 Å². The molecule has 0 saturated heterocycles. The van der Waals surface area contributed by atoms with E-state index >= 15 is 0 Å². The number of nitrogens with one attached hydrogen (secondary N) is 2. The standard InChI is InChI=1S/C13H15Cl2N5O/c1-3-6-16-12-18-11(15)19-13(20-12)17-10-7-8(21-2)4-5-9(10)14/h4-5,7H,3,6H2,1-2H3,(H2,16,17,18,19,20). The molecule has 0 atom stereocenters. The van der Waals surface area contributed by atoms with Crippen LogP contribution in [0.5, 0.6) is 5.75 Å². The van der Waals surface area contributed by atoms with Gasteiger partial charge >= 0.3 is 0 Å². The first-order chi connectivity index (χ1) is 10.1. The monoisotopic (exact) mass is 327 g/mol. The van der Waals surface area contributed by atoms with Gasteiger partial charge in [-0.2, -0.15) is 15.0 Å². The molecule has 2 N–H and O–H groups in total. The average Bonchev–Trinajstić information content (AvgIpc) is 2.47. The number of nitrogens with zero attached hydrogens (tertiary/aromatic N) is 3. The molecule has 0 spiro atoms. The van der Waals surface area contributed by atoms with E-state index in [9.17, 15) is 0 Å². The maximum atomic E-state index is 6.13. The third-order valence-corrected chi connectivity index (χ3v) is 3.06. The van der Waals surface area contributed by atoms with Crippen molar-refractivity contribution in [3.8, 4) is 5.75 Å². The van der Waals surface area contributed by atoms with Gasteiger partial charge in [-0.05, 0) is 30.2 Å². The summed E-state index contributed by atoms with van der Waals surface area (Å²) in [5.41, 5.74) is 0.625. The van der Waals surface area contributed by atoms with Crippen molar-refractivity contribution in [1.29, 1.82) is 0 Å². The second-order valence-corrected chi connectivity index (χ2v) is 4.89. The molecule has 1 heterocycles. The van der Waals surface area contributed by atoms with E-state index in [1.165, 1.54) is 0 Å². The minimum absolute atomic E-state index is 0.102. The van der Waals surface area contributed by atoms with Crippen LogP contribution < -0.4 is 15.4 Å². The smallest absolute Gasteiger partial charge is 0.233 e. The lowest BCUT2D eigenvalue weighted by Gasteiger charge is -2.10. The minimum atomic E-state index is 0.102. The number of rotatable bonds is 6. The second-order valence-electron chi connectivity index (χ2n) is 4.15. The summed E-state index contributed by atoms with van der Waals surface area (Å²) in [6, 6.07) is 5.24. The Morgan fingerprint density at radius 1 is 1.14 bits per heavy atom. The van der Waals surface area contributed by atoms with Crippen molar-refractivity contribution >= 4 is 40.8 Å². The van der Waals surface area contributed by atoms with Crippen LogP contribution in [-0.4, -0.2) is 28.6 Å². The first-order valence-corrected chi connectivity index (χ1v) is 7.14. The second kappa shape index (κ2) is 7.28. The largest absolute Gasteiger partial charge is 0.497 e. The van der Waals surface area contributed by atoms with Gasteiger partial charge in [0.25, 0.3) is 0 Å². The lowest BCUT2D eigenvalue weighted by Crippen LogP contribution is -2.08. The number of ether oxygens (including phenoxy) is 1. The number of hydrogen-bond donors (Lipinski definition) is 2. The molecule has 0 aliphatic heterocycles. The van der Waals surface area contributed by atoms with Crippen LogP contribution in [0.1, 0.15) is 13.3 Å². The molecule has 112 valence electrons. The number of methoxy groups -OCH3 is 1. The molecule has 0 radical (unpaired) electrons. The van der Waals surface area contributed by atoms with Crippen LogP contribution in [0.2, 0.25) is 10.3 Å². The Morgan fingerprint density at radius 2 is 1.90 bits per heavy atom. The fourth-order valence-electron chi connectivity index (χ4n) is 1.57. The molecule has 1 aromatic carbocycles. The Labute approximate surface area is 132 Å². The summed E-state index contributed by atoms with van der Waals surface area (Å²) in [5, 5.41) is 6.69. The van der Waals surface area contributed by atoms with Gasteiger partial charge in [0.2, 0.25) is 17.2 Å². The highest BCUT2D eigenvalue weighted by Crippen LogP contribution is 2.28. The number of aromatic nitrogens is 3. The Balaban J connectivity index is 2.24. The Bertz CT molecular complexity index is 624. The molecular weight excluding hydrogens is 313 g/mol. The molecule has 0 saturated carbocycles. The molecule has 6 nitrogen and oxygen atoms in total. The molecule has 2 rings (SSSR count). The zero-order valence-electron chi connectivity index (χ0n) is 11.7. The summed E-state index contributed by atoms with van der Waals surface area (Å²) < 4.78 is 5.16. The maximum Gasteiger partial charge on any atom is 0.233 e.